The van der Waals surface area contributed by atoms with E-state index in [-0.39, 0.29) is 29.4 Å². The summed E-state index contributed by atoms with van der Waals surface area (Å²) in [6.07, 6.45) is -1.18. The first-order valence-corrected chi connectivity index (χ1v) is 12.2. The van der Waals surface area contributed by atoms with Crippen molar-refractivity contribution in [3.05, 3.63) is 47.5 Å². The van der Waals surface area contributed by atoms with Gasteiger partial charge in [0.25, 0.3) is 0 Å². The third-order valence-corrected chi connectivity index (χ3v) is 5.57. The molecule has 212 valence electrons. The SMILES string of the molecule is COc1cc(F)ccc1[C@@H](OC(=O)C(C)(C)C)[C@H](C)OC(=O)[C@H](C)CC(=O)c1nccc(OC)c1OC(C)=O. The van der Waals surface area contributed by atoms with Gasteiger partial charge < -0.3 is 23.7 Å². The molecule has 0 aliphatic heterocycles. The van der Waals surface area contributed by atoms with Crippen LogP contribution in [0.15, 0.2) is 30.5 Å². The Morgan fingerprint density at radius 1 is 0.974 bits per heavy atom. The van der Waals surface area contributed by atoms with E-state index in [9.17, 15) is 23.6 Å². The average molecular weight is 548 g/mol. The number of rotatable bonds is 11. The second-order valence-electron chi connectivity index (χ2n) is 9.92. The molecule has 0 bridgehead atoms. The minimum Gasteiger partial charge on any atom is -0.496 e. The van der Waals surface area contributed by atoms with Crippen molar-refractivity contribution in [2.24, 2.45) is 11.3 Å². The van der Waals surface area contributed by atoms with E-state index in [2.05, 4.69) is 4.98 Å². The van der Waals surface area contributed by atoms with Gasteiger partial charge in [-0.15, -0.1) is 0 Å². The Morgan fingerprint density at radius 2 is 1.62 bits per heavy atom. The van der Waals surface area contributed by atoms with Gasteiger partial charge in [-0.1, -0.05) is 6.92 Å². The molecule has 0 fully saturated rings. The zero-order chi connectivity index (χ0) is 29.5. The summed E-state index contributed by atoms with van der Waals surface area (Å²) in [5.41, 5.74) is -0.754. The van der Waals surface area contributed by atoms with Gasteiger partial charge in [-0.25, -0.2) is 9.37 Å². The zero-order valence-corrected chi connectivity index (χ0v) is 23.3. The summed E-state index contributed by atoms with van der Waals surface area (Å²) in [5.74, 6) is -4.03. The molecule has 0 N–H and O–H groups in total. The number of Topliss-reactive ketones (excluding diaryl/α,β-unsaturated/α-hetero) is 1. The van der Waals surface area contributed by atoms with Crippen LogP contribution in [-0.2, 0) is 23.9 Å². The van der Waals surface area contributed by atoms with Crippen LogP contribution in [0.4, 0.5) is 4.39 Å². The van der Waals surface area contributed by atoms with Gasteiger partial charge in [0.2, 0.25) is 5.75 Å². The number of halogens is 1. The number of ketones is 1. The van der Waals surface area contributed by atoms with Crippen LogP contribution in [0.25, 0.3) is 0 Å². The van der Waals surface area contributed by atoms with E-state index in [4.69, 9.17) is 23.7 Å². The molecule has 1 aromatic carbocycles. The van der Waals surface area contributed by atoms with Gasteiger partial charge in [-0.2, -0.15) is 0 Å². The first kappa shape index (κ1) is 31.2. The van der Waals surface area contributed by atoms with Crippen molar-refractivity contribution in [1.82, 2.24) is 4.98 Å². The second-order valence-corrected chi connectivity index (χ2v) is 9.92. The van der Waals surface area contributed by atoms with Gasteiger partial charge >= 0.3 is 17.9 Å². The van der Waals surface area contributed by atoms with Crippen LogP contribution in [0, 0.1) is 17.2 Å². The molecule has 39 heavy (non-hydrogen) atoms. The number of nitrogens with zero attached hydrogens (tertiary/aromatic N) is 1. The first-order valence-electron chi connectivity index (χ1n) is 12.2. The number of benzene rings is 1. The molecule has 1 heterocycles. The van der Waals surface area contributed by atoms with E-state index in [0.717, 1.165) is 6.07 Å². The smallest absolute Gasteiger partial charge is 0.311 e. The van der Waals surface area contributed by atoms with Crippen molar-refractivity contribution in [2.45, 2.75) is 60.2 Å². The van der Waals surface area contributed by atoms with Crippen molar-refractivity contribution in [2.75, 3.05) is 14.2 Å². The fraction of sp³-hybridized carbons (Fsp3) is 0.464. The maximum Gasteiger partial charge on any atom is 0.311 e. The van der Waals surface area contributed by atoms with Crippen LogP contribution in [0.5, 0.6) is 17.2 Å². The number of hydrogen-bond donors (Lipinski definition) is 0. The molecule has 0 aliphatic rings. The number of carbonyl (C=O) groups excluding carboxylic acids is 4. The van der Waals surface area contributed by atoms with Gasteiger partial charge in [0, 0.05) is 37.2 Å². The Bertz CT molecular complexity index is 1220. The lowest BCUT2D eigenvalue weighted by Gasteiger charge is -2.29. The van der Waals surface area contributed by atoms with E-state index in [1.165, 1.54) is 59.4 Å². The standard InChI is InChI=1S/C28H34FNO9/c1-15(13-20(32)23-25(38-17(3)31)21(35-7)11-12-30-23)26(33)37-16(2)24(39-27(34)28(4,5)6)19-10-9-18(29)14-22(19)36-8/h9-12,14-16,24H,13H2,1-8H3/t15-,16+,24+/m1/s1. The third-order valence-electron chi connectivity index (χ3n) is 5.57. The largest absolute Gasteiger partial charge is 0.496 e. The van der Waals surface area contributed by atoms with Crippen molar-refractivity contribution >= 4 is 23.7 Å². The fourth-order valence-corrected chi connectivity index (χ4v) is 3.48. The predicted molar refractivity (Wildman–Crippen MR) is 137 cm³/mol. The Balaban J connectivity index is 2.27. The molecule has 0 unspecified atom stereocenters. The lowest BCUT2D eigenvalue weighted by Crippen LogP contribution is -2.33. The summed E-state index contributed by atoms with van der Waals surface area (Å²) < 4.78 is 40.7. The molecule has 2 aromatic rings. The Labute approximate surface area is 226 Å². The summed E-state index contributed by atoms with van der Waals surface area (Å²) in [6.45, 7) is 9.15. The Morgan fingerprint density at radius 3 is 2.18 bits per heavy atom. The van der Waals surface area contributed by atoms with Crippen molar-refractivity contribution < 1.29 is 47.3 Å². The zero-order valence-electron chi connectivity index (χ0n) is 23.3. The number of pyridine rings is 1. The highest BCUT2D eigenvalue weighted by molar-refractivity contribution is 6.00. The minimum atomic E-state index is -1.13. The molecule has 3 atom stereocenters. The molecule has 10 nitrogen and oxygen atoms in total. The van der Waals surface area contributed by atoms with E-state index in [0.29, 0.717) is 5.56 Å². The normalized spacial score (nSPS) is 13.5. The first-order chi connectivity index (χ1) is 18.2. The molecule has 0 amide bonds. The number of methoxy groups -OCH3 is 2. The van der Waals surface area contributed by atoms with Crippen LogP contribution in [-0.4, -0.2) is 49.0 Å². The Kier molecular flexibility index (Phi) is 10.5. The number of aromatic nitrogens is 1. The van der Waals surface area contributed by atoms with E-state index < -0.39 is 53.0 Å². The second kappa shape index (κ2) is 13.2. The molecule has 11 heteroatoms. The van der Waals surface area contributed by atoms with Crippen LogP contribution >= 0.6 is 0 Å². The van der Waals surface area contributed by atoms with E-state index in [1.54, 1.807) is 20.8 Å². The molecule has 0 radical (unpaired) electrons. The molecule has 0 saturated carbocycles. The lowest BCUT2D eigenvalue weighted by molar-refractivity contribution is -0.175. The summed E-state index contributed by atoms with van der Waals surface area (Å²) in [6, 6.07) is 5.12. The van der Waals surface area contributed by atoms with Crippen LogP contribution in [0.2, 0.25) is 0 Å². The van der Waals surface area contributed by atoms with Gasteiger partial charge in [-0.05, 0) is 39.8 Å². The molecule has 0 saturated heterocycles. The highest BCUT2D eigenvalue weighted by Crippen LogP contribution is 2.35. The third kappa shape index (κ3) is 8.23. The summed E-state index contributed by atoms with van der Waals surface area (Å²) in [4.78, 5) is 54.3. The lowest BCUT2D eigenvalue weighted by atomic mass is 9.96. The van der Waals surface area contributed by atoms with Crippen LogP contribution in [0.3, 0.4) is 0 Å². The fourth-order valence-electron chi connectivity index (χ4n) is 3.48. The molecule has 0 spiro atoms. The minimum absolute atomic E-state index is 0.106. The quantitative estimate of drug-likeness (QED) is 0.290. The predicted octanol–water partition coefficient (Wildman–Crippen LogP) is 4.63. The van der Waals surface area contributed by atoms with Gasteiger partial charge in [0.05, 0.1) is 25.6 Å². The molecular formula is C28H34FNO9. The number of ether oxygens (including phenoxy) is 5. The maximum absolute atomic E-state index is 13.8. The van der Waals surface area contributed by atoms with E-state index >= 15 is 0 Å². The monoisotopic (exact) mass is 547 g/mol. The van der Waals surface area contributed by atoms with Crippen LogP contribution in [0.1, 0.15) is 70.1 Å². The summed E-state index contributed by atoms with van der Waals surface area (Å²) in [5, 5.41) is 0. The number of hydrogen-bond acceptors (Lipinski definition) is 10. The average Bonchev–Trinajstić information content (AvgIpc) is 2.86. The van der Waals surface area contributed by atoms with Crippen LogP contribution < -0.4 is 14.2 Å². The summed E-state index contributed by atoms with van der Waals surface area (Å²) >= 11 is 0. The van der Waals surface area contributed by atoms with Gasteiger partial charge in [-0.3, -0.25) is 19.2 Å². The van der Waals surface area contributed by atoms with Crippen molar-refractivity contribution in [1.29, 1.82) is 0 Å². The highest BCUT2D eigenvalue weighted by Gasteiger charge is 2.35. The molecule has 0 aliphatic carbocycles. The van der Waals surface area contributed by atoms with Crippen molar-refractivity contribution in [3.63, 3.8) is 0 Å². The van der Waals surface area contributed by atoms with Gasteiger partial charge in [0.1, 0.15) is 17.7 Å². The molecule has 1 aromatic heterocycles. The highest BCUT2D eigenvalue weighted by atomic mass is 19.1. The van der Waals surface area contributed by atoms with Gasteiger partial charge in [0.15, 0.2) is 23.3 Å². The summed E-state index contributed by atoms with van der Waals surface area (Å²) in [7, 11) is 2.68. The van der Waals surface area contributed by atoms with Crippen molar-refractivity contribution in [3.8, 4) is 17.2 Å². The molecular weight excluding hydrogens is 513 g/mol. The van der Waals surface area contributed by atoms with E-state index in [1.807, 2.05) is 0 Å². The number of esters is 3. The number of carbonyl (C=O) groups is 4. The molecule has 2 rings (SSSR count). The topological polar surface area (TPSA) is 127 Å². The maximum atomic E-state index is 13.8. The Hall–Kier alpha value is -4.02.